The van der Waals surface area contributed by atoms with Crippen LogP contribution in [0.5, 0.6) is 5.75 Å². The Kier molecular flexibility index (Phi) is 5.32. The Morgan fingerprint density at radius 2 is 2.04 bits per heavy atom. The van der Waals surface area contributed by atoms with Crippen molar-refractivity contribution in [1.29, 1.82) is 0 Å². The largest absolute Gasteiger partial charge is 0.492 e. The fourth-order valence-corrected chi connectivity index (χ4v) is 3.53. The molecular weight excluding hydrogens is 345 g/mol. The lowest BCUT2D eigenvalue weighted by atomic mass is 10.1. The van der Waals surface area contributed by atoms with Crippen LogP contribution < -0.4 is 9.64 Å². The quantitative estimate of drug-likeness (QED) is 0.689. The highest BCUT2D eigenvalue weighted by Gasteiger charge is 2.29. The Labute approximate surface area is 152 Å². The first-order chi connectivity index (χ1) is 11.6. The average Bonchev–Trinajstić information content (AvgIpc) is 2.88. The van der Waals surface area contributed by atoms with Crippen molar-refractivity contribution in [2.45, 2.75) is 32.2 Å². The molecule has 3 nitrogen and oxygen atoms in total. The number of ether oxygens (including phenoxy) is 1. The second-order valence-corrected chi connectivity index (χ2v) is 6.82. The van der Waals surface area contributed by atoms with Gasteiger partial charge in [0.25, 0.3) is 0 Å². The lowest BCUT2D eigenvalue weighted by molar-refractivity contribution is -0.119. The highest BCUT2D eigenvalue weighted by atomic mass is 35.5. The van der Waals surface area contributed by atoms with Crippen molar-refractivity contribution in [2.24, 2.45) is 0 Å². The van der Waals surface area contributed by atoms with E-state index in [4.69, 9.17) is 27.9 Å². The molecular formula is C19H19Cl2NO2. The van der Waals surface area contributed by atoms with Crippen LogP contribution in [0.2, 0.25) is 10.0 Å². The van der Waals surface area contributed by atoms with E-state index in [0.717, 1.165) is 12.1 Å². The first-order valence-electron chi connectivity index (χ1n) is 8.04. The maximum absolute atomic E-state index is 12.6. The van der Waals surface area contributed by atoms with Crippen molar-refractivity contribution in [1.82, 2.24) is 0 Å². The first-order valence-corrected chi connectivity index (χ1v) is 8.79. The van der Waals surface area contributed by atoms with Crippen molar-refractivity contribution in [3.8, 4) is 5.75 Å². The summed E-state index contributed by atoms with van der Waals surface area (Å²) in [5.41, 5.74) is 2.28. The smallest absolute Gasteiger partial charge is 0.227 e. The number of hydrogen-bond acceptors (Lipinski definition) is 2. The third-order valence-electron chi connectivity index (χ3n) is 4.16. The Morgan fingerprint density at radius 1 is 1.25 bits per heavy atom. The second-order valence-electron chi connectivity index (χ2n) is 5.97. The standard InChI is InChI=1S/C19H19Cl2NO2/c1-13-11-14-5-2-3-6-17(14)22(13)19(23)7-4-10-24-18-9-8-15(20)12-16(18)21/h2-3,5-6,8-9,12-13H,4,7,10-11H2,1H3. The number of fused-ring (bicyclic) bond motifs is 1. The zero-order valence-electron chi connectivity index (χ0n) is 13.5. The Hall–Kier alpha value is -1.71. The predicted molar refractivity (Wildman–Crippen MR) is 98.3 cm³/mol. The normalized spacial score (nSPS) is 16.1. The van der Waals surface area contributed by atoms with Crippen molar-refractivity contribution in [3.05, 3.63) is 58.1 Å². The van der Waals surface area contributed by atoms with E-state index in [1.165, 1.54) is 5.56 Å². The summed E-state index contributed by atoms with van der Waals surface area (Å²) < 4.78 is 5.64. The molecule has 1 atom stereocenters. The molecule has 0 radical (unpaired) electrons. The van der Waals surface area contributed by atoms with E-state index in [0.29, 0.717) is 35.2 Å². The van der Waals surface area contributed by atoms with E-state index >= 15 is 0 Å². The fourth-order valence-electron chi connectivity index (χ4n) is 3.06. The van der Waals surface area contributed by atoms with Crippen LogP contribution in [0.3, 0.4) is 0 Å². The van der Waals surface area contributed by atoms with Gasteiger partial charge in [-0.15, -0.1) is 0 Å². The molecule has 1 heterocycles. The van der Waals surface area contributed by atoms with Crippen molar-refractivity contribution in [3.63, 3.8) is 0 Å². The van der Waals surface area contributed by atoms with Crippen molar-refractivity contribution < 1.29 is 9.53 Å². The molecule has 0 aromatic heterocycles. The summed E-state index contributed by atoms with van der Waals surface area (Å²) in [5.74, 6) is 0.728. The van der Waals surface area contributed by atoms with Gasteiger partial charge in [-0.3, -0.25) is 4.79 Å². The maximum atomic E-state index is 12.6. The molecule has 0 N–H and O–H groups in total. The molecule has 0 saturated carbocycles. The van der Waals surface area contributed by atoms with Crippen LogP contribution in [0, 0.1) is 0 Å². The summed E-state index contributed by atoms with van der Waals surface area (Å²) >= 11 is 11.9. The summed E-state index contributed by atoms with van der Waals surface area (Å²) in [4.78, 5) is 14.5. The van der Waals surface area contributed by atoms with Gasteiger partial charge in [0.2, 0.25) is 5.91 Å². The average molecular weight is 364 g/mol. The molecule has 1 unspecified atom stereocenters. The molecule has 1 aliphatic heterocycles. The molecule has 1 aliphatic rings. The highest BCUT2D eigenvalue weighted by molar-refractivity contribution is 6.35. The second kappa shape index (κ2) is 7.45. The number of carbonyl (C=O) groups is 1. The number of hydrogen-bond donors (Lipinski definition) is 0. The number of halogens is 2. The summed E-state index contributed by atoms with van der Waals surface area (Å²) in [5, 5.41) is 1.06. The Morgan fingerprint density at radius 3 is 2.83 bits per heavy atom. The lowest BCUT2D eigenvalue weighted by Gasteiger charge is -2.22. The maximum Gasteiger partial charge on any atom is 0.227 e. The minimum atomic E-state index is 0.137. The van der Waals surface area contributed by atoms with Crippen LogP contribution in [0.1, 0.15) is 25.3 Å². The van der Waals surface area contributed by atoms with Gasteiger partial charge in [-0.2, -0.15) is 0 Å². The van der Waals surface area contributed by atoms with E-state index in [9.17, 15) is 4.79 Å². The molecule has 3 rings (SSSR count). The van der Waals surface area contributed by atoms with Crippen molar-refractivity contribution in [2.75, 3.05) is 11.5 Å². The number of amides is 1. The van der Waals surface area contributed by atoms with Gasteiger partial charge in [0.15, 0.2) is 0 Å². The molecule has 0 spiro atoms. The van der Waals surface area contributed by atoms with Crippen LogP contribution in [0.25, 0.3) is 0 Å². The van der Waals surface area contributed by atoms with Gasteiger partial charge in [0.1, 0.15) is 5.75 Å². The van der Waals surface area contributed by atoms with Crippen LogP contribution in [-0.2, 0) is 11.2 Å². The van der Waals surface area contributed by atoms with E-state index in [1.54, 1.807) is 18.2 Å². The molecule has 1 amide bonds. The van der Waals surface area contributed by atoms with Gasteiger partial charge in [-0.1, -0.05) is 41.4 Å². The predicted octanol–water partition coefficient (Wildman–Crippen LogP) is 5.13. The Bertz CT molecular complexity index is 748. The van der Waals surface area contributed by atoms with E-state index in [2.05, 4.69) is 13.0 Å². The van der Waals surface area contributed by atoms with Gasteiger partial charge in [0.05, 0.1) is 11.6 Å². The number of carbonyl (C=O) groups excluding carboxylic acids is 1. The summed E-state index contributed by atoms with van der Waals surface area (Å²) in [6, 6.07) is 13.4. The first kappa shape index (κ1) is 17.1. The van der Waals surface area contributed by atoms with Crippen molar-refractivity contribution >= 4 is 34.8 Å². The topological polar surface area (TPSA) is 29.5 Å². The summed E-state index contributed by atoms with van der Waals surface area (Å²) in [7, 11) is 0. The third-order valence-corrected chi connectivity index (χ3v) is 4.69. The number of benzene rings is 2. The van der Waals surface area contributed by atoms with E-state index in [1.807, 2.05) is 23.1 Å². The minimum Gasteiger partial charge on any atom is -0.492 e. The number of para-hydroxylation sites is 1. The highest BCUT2D eigenvalue weighted by Crippen LogP contribution is 2.32. The van der Waals surface area contributed by atoms with Gasteiger partial charge in [-0.25, -0.2) is 0 Å². The summed E-state index contributed by atoms with van der Waals surface area (Å²) in [6.45, 7) is 2.53. The molecule has 2 aromatic rings. The van der Waals surface area contributed by atoms with Crippen LogP contribution in [0.15, 0.2) is 42.5 Å². The lowest BCUT2D eigenvalue weighted by Crippen LogP contribution is -2.35. The van der Waals surface area contributed by atoms with Gasteiger partial charge in [-0.05, 0) is 49.6 Å². The molecule has 126 valence electrons. The fraction of sp³-hybridized carbons (Fsp3) is 0.316. The number of nitrogens with zero attached hydrogens (tertiary/aromatic N) is 1. The zero-order valence-corrected chi connectivity index (χ0v) is 15.0. The SMILES string of the molecule is CC1Cc2ccccc2N1C(=O)CCCOc1ccc(Cl)cc1Cl. The Balaban J connectivity index is 1.53. The van der Waals surface area contributed by atoms with E-state index < -0.39 is 0 Å². The molecule has 0 fully saturated rings. The molecule has 0 aliphatic carbocycles. The molecule has 5 heteroatoms. The van der Waals surface area contributed by atoms with Gasteiger partial charge >= 0.3 is 0 Å². The van der Waals surface area contributed by atoms with E-state index in [-0.39, 0.29) is 11.9 Å². The summed E-state index contributed by atoms with van der Waals surface area (Å²) in [6.07, 6.45) is 2.01. The minimum absolute atomic E-state index is 0.137. The number of anilines is 1. The van der Waals surface area contributed by atoms with Crippen LogP contribution in [-0.4, -0.2) is 18.6 Å². The molecule has 0 saturated heterocycles. The number of rotatable bonds is 5. The molecule has 2 aromatic carbocycles. The van der Waals surface area contributed by atoms with Crippen LogP contribution >= 0.6 is 23.2 Å². The monoisotopic (exact) mass is 363 g/mol. The zero-order chi connectivity index (χ0) is 17.1. The van der Waals surface area contributed by atoms with Gasteiger partial charge in [0, 0.05) is 23.2 Å². The van der Waals surface area contributed by atoms with Crippen LogP contribution in [0.4, 0.5) is 5.69 Å². The third kappa shape index (κ3) is 3.68. The van der Waals surface area contributed by atoms with Gasteiger partial charge < -0.3 is 9.64 Å². The molecule has 0 bridgehead atoms. The molecule has 24 heavy (non-hydrogen) atoms.